The van der Waals surface area contributed by atoms with E-state index in [0.29, 0.717) is 11.6 Å². The van der Waals surface area contributed by atoms with Gasteiger partial charge in [0.05, 0.1) is 11.3 Å². The average molecular weight is 309 g/mol. The van der Waals surface area contributed by atoms with Gasteiger partial charge in [-0.15, -0.1) is 0 Å². The molecule has 1 aliphatic carbocycles. The van der Waals surface area contributed by atoms with E-state index in [1.54, 1.807) is 12.4 Å². The van der Waals surface area contributed by atoms with Gasteiger partial charge in [0, 0.05) is 24.1 Å². The zero-order valence-corrected chi connectivity index (χ0v) is 13.5. The van der Waals surface area contributed by atoms with Crippen LogP contribution in [0.5, 0.6) is 0 Å². The lowest BCUT2D eigenvalue weighted by molar-refractivity contribution is 0.102. The van der Waals surface area contributed by atoms with Crippen molar-refractivity contribution in [1.29, 1.82) is 0 Å². The second kappa shape index (κ2) is 7.27. The number of nitrogens with zero attached hydrogens (tertiary/aromatic N) is 1. The minimum Gasteiger partial charge on any atom is -0.381 e. The van der Waals surface area contributed by atoms with Crippen LogP contribution < -0.4 is 10.6 Å². The Morgan fingerprint density at radius 3 is 2.78 bits per heavy atom. The van der Waals surface area contributed by atoms with Crippen LogP contribution in [0.1, 0.15) is 48.5 Å². The number of anilines is 2. The van der Waals surface area contributed by atoms with Gasteiger partial charge in [-0.1, -0.05) is 38.0 Å². The van der Waals surface area contributed by atoms with E-state index in [1.165, 1.54) is 25.7 Å². The van der Waals surface area contributed by atoms with E-state index in [1.807, 2.05) is 30.3 Å². The Hall–Kier alpha value is -2.36. The van der Waals surface area contributed by atoms with Crippen LogP contribution in [-0.4, -0.2) is 16.9 Å². The number of amides is 1. The third kappa shape index (κ3) is 3.89. The molecule has 1 fully saturated rings. The summed E-state index contributed by atoms with van der Waals surface area (Å²) in [5, 5.41) is 6.47. The Morgan fingerprint density at radius 1 is 1.22 bits per heavy atom. The van der Waals surface area contributed by atoms with Gasteiger partial charge < -0.3 is 10.6 Å². The van der Waals surface area contributed by atoms with Crippen LogP contribution in [0.25, 0.3) is 0 Å². The van der Waals surface area contributed by atoms with Crippen LogP contribution in [0.2, 0.25) is 0 Å². The molecule has 0 saturated heterocycles. The number of pyridine rings is 1. The zero-order chi connectivity index (χ0) is 16.1. The van der Waals surface area contributed by atoms with Gasteiger partial charge in [0.2, 0.25) is 0 Å². The molecule has 2 N–H and O–H groups in total. The van der Waals surface area contributed by atoms with E-state index in [9.17, 15) is 4.79 Å². The standard InChI is InChI=1S/C19H23N3O/c1-2-14-7-3-6-10-18(14)22-19(23)15-11-17(13-20-12-15)21-16-8-4-5-9-16/h3,6-7,10-13,16,21H,2,4-5,8-9H2,1H3,(H,22,23). The van der Waals surface area contributed by atoms with Gasteiger partial charge in [-0.05, 0) is 37.0 Å². The summed E-state index contributed by atoms with van der Waals surface area (Å²) in [5.41, 5.74) is 3.51. The average Bonchev–Trinajstić information content (AvgIpc) is 3.08. The summed E-state index contributed by atoms with van der Waals surface area (Å²) in [4.78, 5) is 16.7. The smallest absolute Gasteiger partial charge is 0.257 e. The maximum Gasteiger partial charge on any atom is 0.257 e. The van der Waals surface area contributed by atoms with Crippen molar-refractivity contribution in [2.45, 2.75) is 45.1 Å². The largest absolute Gasteiger partial charge is 0.381 e. The highest BCUT2D eigenvalue weighted by atomic mass is 16.1. The van der Waals surface area contributed by atoms with Crippen molar-refractivity contribution in [3.63, 3.8) is 0 Å². The number of hydrogen-bond donors (Lipinski definition) is 2. The van der Waals surface area contributed by atoms with Gasteiger partial charge in [-0.2, -0.15) is 0 Å². The van der Waals surface area contributed by atoms with Gasteiger partial charge in [0.25, 0.3) is 5.91 Å². The molecule has 1 aromatic heterocycles. The molecule has 4 heteroatoms. The lowest BCUT2D eigenvalue weighted by Gasteiger charge is -2.14. The summed E-state index contributed by atoms with van der Waals surface area (Å²) in [7, 11) is 0. The lowest BCUT2D eigenvalue weighted by Crippen LogP contribution is -2.17. The molecule has 0 spiro atoms. The van der Waals surface area contributed by atoms with Crippen molar-refractivity contribution in [2.75, 3.05) is 10.6 Å². The number of aryl methyl sites for hydroxylation is 1. The maximum atomic E-state index is 12.5. The molecule has 0 atom stereocenters. The third-order valence-corrected chi connectivity index (χ3v) is 4.37. The topological polar surface area (TPSA) is 54.0 Å². The maximum absolute atomic E-state index is 12.5. The van der Waals surface area contributed by atoms with E-state index in [0.717, 1.165) is 23.4 Å². The molecule has 4 nitrogen and oxygen atoms in total. The first kappa shape index (κ1) is 15.5. The van der Waals surface area contributed by atoms with Crippen LogP contribution >= 0.6 is 0 Å². The first-order valence-electron chi connectivity index (χ1n) is 8.37. The quantitative estimate of drug-likeness (QED) is 0.868. The molecular weight excluding hydrogens is 286 g/mol. The molecular formula is C19H23N3O. The van der Waals surface area contributed by atoms with Crippen LogP contribution in [0.4, 0.5) is 11.4 Å². The van der Waals surface area contributed by atoms with Crippen LogP contribution in [0.15, 0.2) is 42.7 Å². The van der Waals surface area contributed by atoms with E-state index >= 15 is 0 Å². The molecule has 0 aliphatic heterocycles. The van der Waals surface area contributed by atoms with Crippen molar-refractivity contribution in [1.82, 2.24) is 4.98 Å². The van der Waals surface area contributed by atoms with E-state index in [-0.39, 0.29) is 5.91 Å². The minimum absolute atomic E-state index is 0.117. The number of carbonyl (C=O) groups excluding carboxylic acids is 1. The second-order valence-electron chi connectivity index (χ2n) is 6.05. The Labute approximate surface area is 137 Å². The number of para-hydroxylation sites is 1. The van der Waals surface area contributed by atoms with Crippen LogP contribution in [0.3, 0.4) is 0 Å². The van der Waals surface area contributed by atoms with Gasteiger partial charge in [-0.3, -0.25) is 9.78 Å². The molecule has 1 amide bonds. The number of benzene rings is 1. The molecule has 0 unspecified atom stereocenters. The highest BCUT2D eigenvalue weighted by Crippen LogP contribution is 2.23. The third-order valence-electron chi connectivity index (χ3n) is 4.37. The monoisotopic (exact) mass is 309 g/mol. The molecule has 2 aromatic rings. The molecule has 1 aliphatic rings. The fourth-order valence-electron chi connectivity index (χ4n) is 3.09. The SMILES string of the molecule is CCc1ccccc1NC(=O)c1cncc(NC2CCCC2)c1. The highest BCUT2D eigenvalue weighted by molar-refractivity contribution is 6.04. The molecule has 1 heterocycles. The highest BCUT2D eigenvalue weighted by Gasteiger charge is 2.15. The van der Waals surface area contributed by atoms with Crippen molar-refractivity contribution >= 4 is 17.3 Å². The van der Waals surface area contributed by atoms with Crippen molar-refractivity contribution in [3.8, 4) is 0 Å². The normalized spacial score (nSPS) is 14.7. The fourth-order valence-corrected chi connectivity index (χ4v) is 3.09. The number of rotatable bonds is 5. The lowest BCUT2D eigenvalue weighted by atomic mass is 10.1. The number of hydrogen-bond acceptors (Lipinski definition) is 3. The Bertz CT molecular complexity index is 678. The number of nitrogens with one attached hydrogen (secondary N) is 2. The molecule has 0 bridgehead atoms. The predicted molar refractivity (Wildman–Crippen MR) is 93.9 cm³/mol. The summed E-state index contributed by atoms with van der Waals surface area (Å²) in [6.45, 7) is 2.08. The zero-order valence-electron chi connectivity index (χ0n) is 13.5. The van der Waals surface area contributed by atoms with Crippen molar-refractivity contribution in [3.05, 3.63) is 53.9 Å². The molecule has 23 heavy (non-hydrogen) atoms. The van der Waals surface area contributed by atoms with Crippen molar-refractivity contribution in [2.24, 2.45) is 0 Å². The Balaban J connectivity index is 1.71. The van der Waals surface area contributed by atoms with Crippen molar-refractivity contribution < 1.29 is 4.79 Å². The Kier molecular flexibility index (Phi) is 4.91. The molecule has 120 valence electrons. The summed E-state index contributed by atoms with van der Waals surface area (Å²) in [6.07, 6.45) is 9.23. The molecule has 3 rings (SSSR count). The van der Waals surface area contributed by atoms with Gasteiger partial charge in [0.1, 0.15) is 0 Å². The van der Waals surface area contributed by atoms with Gasteiger partial charge >= 0.3 is 0 Å². The minimum atomic E-state index is -0.117. The fraction of sp³-hybridized carbons (Fsp3) is 0.368. The molecule has 0 radical (unpaired) electrons. The Morgan fingerprint density at radius 2 is 2.00 bits per heavy atom. The predicted octanol–water partition coefficient (Wildman–Crippen LogP) is 4.25. The van der Waals surface area contributed by atoms with E-state index in [2.05, 4.69) is 22.5 Å². The summed E-state index contributed by atoms with van der Waals surface area (Å²) < 4.78 is 0. The molecule has 1 aromatic carbocycles. The summed E-state index contributed by atoms with van der Waals surface area (Å²) >= 11 is 0. The molecule has 1 saturated carbocycles. The summed E-state index contributed by atoms with van der Waals surface area (Å²) in [6, 6.07) is 10.3. The van der Waals surface area contributed by atoms with Gasteiger partial charge in [-0.25, -0.2) is 0 Å². The number of carbonyl (C=O) groups is 1. The summed E-state index contributed by atoms with van der Waals surface area (Å²) in [5.74, 6) is -0.117. The van der Waals surface area contributed by atoms with E-state index in [4.69, 9.17) is 0 Å². The van der Waals surface area contributed by atoms with Crippen LogP contribution in [-0.2, 0) is 6.42 Å². The number of aromatic nitrogens is 1. The first-order chi connectivity index (χ1) is 11.3. The first-order valence-corrected chi connectivity index (χ1v) is 8.37. The van der Waals surface area contributed by atoms with E-state index < -0.39 is 0 Å². The van der Waals surface area contributed by atoms with Gasteiger partial charge in [0.15, 0.2) is 0 Å². The van der Waals surface area contributed by atoms with Crippen LogP contribution in [0, 0.1) is 0 Å². The second-order valence-corrected chi connectivity index (χ2v) is 6.05.